The van der Waals surface area contributed by atoms with Crippen LogP contribution in [0, 0.1) is 5.92 Å². The topological polar surface area (TPSA) is 110 Å². The van der Waals surface area contributed by atoms with Gasteiger partial charge in [0.2, 0.25) is 5.88 Å². The Bertz CT molecular complexity index is 1220. The fraction of sp³-hybridized carbons (Fsp3) is 0.462. The summed E-state index contributed by atoms with van der Waals surface area (Å²) in [5.74, 6) is 1.98. The summed E-state index contributed by atoms with van der Waals surface area (Å²) in [5, 5.41) is 7.51. The molecule has 36 heavy (non-hydrogen) atoms. The first kappa shape index (κ1) is 22.8. The number of nitrogens with zero attached hydrogens (tertiary/aromatic N) is 4. The van der Waals surface area contributed by atoms with Crippen molar-refractivity contribution in [1.82, 2.24) is 25.1 Å². The van der Waals surface area contributed by atoms with Crippen LogP contribution in [0.25, 0.3) is 11.1 Å². The number of fused-ring (bicyclic) bond motifs is 2. The second-order valence-electron chi connectivity index (χ2n) is 9.56. The number of hydrogen-bond acceptors (Lipinski definition) is 8. The van der Waals surface area contributed by atoms with E-state index in [9.17, 15) is 4.79 Å². The van der Waals surface area contributed by atoms with E-state index in [1.54, 1.807) is 23.1 Å². The van der Waals surface area contributed by atoms with Crippen LogP contribution < -0.4 is 19.5 Å². The number of rotatable bonds is 9. The Kier molecular flexibility index (Phi) is 6.18. The number of aromatic nitrogens is 4. The first-order valence-electron chi connectivity index (χ1n) is 12.4. The van der Waals surface area contributed by atoms with Gasteiger partial charge >= 0.3 is 6.01 Å². The summed E-state index contributed by atoms with van der Waals surface area (Å²) in [7, 11) is 1.54. The minimum Gasteiger partial charge on any atom is -0.491 e. The van der Waals surface area contributed by atoms with Gasteiger partial charge in [0, 0.05) is 37.1 Å². The Morgan fingerprint density at radius 3 is 2.83 bits per heavy atom. The largest absolute Gasteiger partial charge is 0.491 e. The predicted molar refractivity (Wildman–Crippen MR) is 129 cm³/mol. The van der Waals surface area contributed by atoms with Gasteiger partial charge in [-0.3, -0.25) is 4.79 Å². The van der Waals surface area contributed by atoms with Crippen LogP contribution in [0.1, 0.15) is 35.3 Å². The Hall–Kier alpha value is -3.66. The summed E-state index contributed by atoms with van der Waals surface area (Å²) in [6.45, 7) is 2.58. The van der Waals surface area contributed by atoms with Crippen molar-refractivity contribution >= 4 is 5.91 Å². The highest BCUT2D eigenvalue weighted by Crippen LogP contribution is 2.31. The third-order valence-electron chi connectivity index (χ3n) is 6.72. The quantitative estimate of drug-likeness (QED) is 0.455. The minimum atomic E-state index is -0.235. The third-order valence-corrected chi connectivity index (χ3v) is 6.72. The van der Waals surface area contributed by atoms with Crippen LogP contribution in [0.2, 0.25) is 0 Å². The SMILES string of the molecule is COc1ncc(-c2ccc3c(c2)C[C@@H](NC(=O)c2cc4n(n2)CC(CCOCC2CC2)O4)CO3)cn1. The van der Waals surface area contributed by atoms with Gasteiger partial charge in [-0.05, 0) is 48.4 Å². The van der Waals surface area contributed by atoms with Crippen LogP contribution in [0.15, 0.2) is 36.7 Å². The molecular formula is C26H29N5O5. The van der Waals surface area contributed by atoms with Gasteiger partial charge in [0.15, 0.2) is 5.69 Å². The van der Waals surface area contributed by atoms with Gasteiger partial charge in [0.05, 0.1) is 26.3 Å². The molecule has 1 N–H and O–H groups in total. The van der Waals surface area contributed by atoms with E-state index in [2.05, 4.69) is 20.4 Å². The van der Waals surface area contributed by atoms with Crippen LogP contribution in [-0.2, 0) is 17.7 Å². The van der Waals surface area contributed by atoms with Crippen LogP contribution >= 0.6 is 0 Å². The number of carbonyl (C=O) groups is 1. The van der Waals surface area contributed by atoms with Gasteiger partial charge in [-0.15, -0.1) is 0 Å². The average Bonchev–Trinajstić information content (AvgIpc) is 3.52. The summed E-state index contributed by atoms with van der Waals surface area (Å²) in [6, 6.07) is 7.83. The summed E-state index contributed by atoms with van der Waals surface area (Å²) < 4.78 is 24.4. The molecule has 2 aromatic heterocycles. The van der Waals surface area contributed by atoms with Gasteiger partial charge in [0.25, 0.3) is 5.91 Å². The van der Waals surface area contributed by atoms with Crippen molar-refractivity contribution in [3.63, 3.8) is 0 Å². The highest BCUT2D eigenvalue weighted by molar-refractivity contribution is 5.92. The molecular weight excluding hydrogens is 462 g/mol. The molecule has 10 nitrogen and oxygen atoms in total. The minimum absolute atomic E-state index is 0.0392. The Morgan fingerprint density at radius 1 is 1.19 bits per heavy atom. The molecule has 2 aliphatic heterocycles. The maximum atomic E-state index is 12.9. The van der Waals surface area contributed by atoms with E-state index in [1.165, 1.54) is 20.0 Å². The Balaban J connectivity index is 1.04. The second kappa shape index (κ2) is 9.77. The zero-order chi connectivity index (χ0) is 24.5. The van der Waals surface area contributed by atoms with E-state index in [4.69, 9.17) is 18.9 Å². The standard InChI is InChI=1S/C26H29N5O5/c1-33-26-27-11-19(12-28-26)17-4-5-23-18(8-17)9-20(15-35-23)29-25(32)22-10-24-31(30-22)13-21(36-24)6-7-34-14-16-2-3-16/h4-5,8,10-12,16,20-21H,2-3,6-7,9,13-15H2,1H3,(H,29,32)/t20-,21?/m1/s1. The van der Waals surface area contributed by atoms with E-state index in [0.717, 1.165) is 41.4 Å². The summed E-state index contributed by atoms with van der Waals surface area (Å²) >= 11 is 0. The maximum Gasteiger partial charge on any atom is 0.316 e. The zero-order valence-corrected chi connectivity index (χ0v) is 20.2. The molecule has 4 heterocycles. The number of ether oxygens (including phenoxy) is 4. The van der Waals surface area contributed by atoms with Crippen molar-refractivity contribution in [2.75, 3.05) is 26.9 Å². The fourth-order valence-electron chi connectivity index (χ4n) is 4.53. The molecule has 1 fully saturated rings. The lowest BCUT2D eigenvalue weighted by atomic mass is 9.98. The highest BCUT2D eigenvalue weighted by Gasteiger charge is 2.29. The first-order chi connectivity index (χ1) is 17.6. The molecule has 1 saturated carbocycles. The number of amides is 1. The van der Waals surface area contributed by atoms with Crippen molar-refractivity contribution in [2.24, 2.45) is 5.92 Å². The van der Waals surface area contributed by atoms with Crippen LogP contribution in [0.4, 0.5) is 0 Å². The van der Waals surface area contributed by atoms with Gasteiger partial charge in [-0.1, -0.05) is 6.07 Å². The highest BCUT2D eigenvalue weighted by atomic mass is 16.5. The van der Waals surface area contributed by atoms with Crippen molar-refractivity contribution in [2.45, 2.75) is 44.4 Å². The third kappa shape index (κ3) is 4.99. The van der Waals surface area contributed by atoms with Crippen molar-refractivity contribution < 1.29 is 23.7 Å². The smallest absolute Gasteiger partial charge is 0.316 e. The van der Waals surface area contributed by atoms with Gasteiger partial charge < -0.3 is 24.3 Å². The number of hydrogen-bond donors (Lipinski definition) is 1. The van der Waals surface area contributed by atoms with E-state index in [1.807, 2.05) is 18.2 Å². The fourth-order valence-corrected chi connectivity index (χ4v) is 4.53. The van der Waals surface area contributed by atoms with Crippen molar-refractivity contribution in [3.05, 3.63) is 47.9 Å². The van der Waals surface area contributed by atoms with Crippen molar-refractivity contribution in [3.8, 4) is 28.8 Å². The number of carbonyl (C=O) groups excluding carboxylic acids is 1. The molecule has 0 saturated heterocycles. The number of nitrogens with one attached hydrogen (secondary N) is 1. The van der Waals surface area contributed by atoms with E-state index < -0.39 is 0 Å². The molecule has 6 rings (SSSR count). The van der Waals surface area contributed by atoms with Crippen LogP contribution in [0.3, 0.4) is 0 Å². The normalized spacial score (nSPS) is 20.1. The molecule has 10 heteroatoms. The van der Waals surface area contributed by atoms with Crippen LogP contribution in [0.5, 0.6) is 17.6 Å². The molecule has 1 amide bonds. The predicted octanol–water partition coefficient (Wildman–Crippen LogP) is 2.66. The molecule has 0 bridgehead atoms. The summed E-state index contributed by atoms with van der Waals surface area (Å²) in [5.41, 5.74) is 3.22. The first-order valence-corrected chi connectivity index (χ1v) is 12.4. The lowest BCUT2D eigenvalue weighted by molar-refractivity contribution is 0.0893. The van der Waals surface area contributed by atoms with Gasteiger partial charge in [-0.2, -0.15) is 5.10 Å². The molecule has 2 atom stereocenters. The lowest BCUT2D eigenvalue weighted by Crippen LogP contribution is -2.43. The van der Waals surface area contributed by atoms with Gasteiger partial charge in [-0.25, -0.2) is 14.6 Å². The Labute approximate surface area is 208 Å². The van der Waals surface area contributed by atoms with Crippen molar-refractivity contribution in [1.29, 1.82) is 0 Å². The molecule has 1 unspecified atom stereocenters. The van der Waals surface area contributed by atoms with Gasteiger partial charge in [0.1, 0.15) is 18.5 Å². The molecule has 0 radical (unpaired) electrons. The van der Waals surface area contributed by atoms with E-state index >= 15 is 0 Å². The number of benzene rings is 1. The summed E-state index contributed by atoms with van der Waals surface area (Å²) in [6.07, 6.45) is 7.54. The maximum absolute atomic E-state index is 12.9. The molecule has 1 aromatic carbocycles. The monoisotopic (exact) mass is 491 g/mol. The zero-order valence-electron chi connectivity index (χ0n) is 20.2. The van der Waals surface area contributed by atoms with E-state index in [-0.39, 0.29) is 18.1 Å². The molecule has 188 valence electrons. The second-order valence-corrected chi connectivity index (χ2v) is 9.56. The summed E-state index contributed by atoms with van der Waals surface area (Å²) in [4.78, 5) is 21.3. The Morgan fingerprint density at radius 2 is 2.06 bits per heavy atom. The lowest BCUT2D eigenvalue weighted by Gasteiger charge is -2.26. The molecule has 0 spiro atoms. The van der Waals surface area contributed by atoms with Crippen LogP contribution in [-0.4, -0.2) is 64.7 Å². The van der Waals surface area contributed by atoms with E-state index in [0.29, 0.717) is 43.8 Å². The molecule has 3 aliphatic rings. The number of methoxy groups -OCH3 is 1. The molecule has 3 aromatic rings. The molecule has 1 aliphatic carbocycles. The average molecular weight is 492 g/mol.